The van der Waals surface area contributed by atoms with E-state index < -0.39 is 0 Å². The van der Waals surface area contributed by atoms with Crippen LogP contribution in [-0.4, -0.2) is 20.2 Å². The van der Waals surface area contributed by atoms with Crippen molar-refractivity contribution in [2.45, 2.75) is 9.92 Å². The van der Waals surface area contributed by atoms with Crippen molar-refractivity contribution in [3.05, 3.63) is 35.5 Å². The number of nitrogens with one attached hydrogen (secondary N) is 1. The minimum absolute atomic E-state index is 0.210. The maximum absolute atomic E-state index is 6.12. The van der Waals surface area contributed by atoms with Gasteiger partial charge in [-0.15, -0.1) is 0 Å². The van der Waals surface area contributed by atoms with E-state index >= 15 is 0 Å². The van der Waals surface area contributed by atoms with Crippen molar-refractivity contribution in [1.29, 1.82) is 0 Å². The quantitative estimate of drug-likeness (QED) is 0.704. The van der Waals surface area contributed by atoms with E-state index in [2.05, 4.69) is 20.2 Å². The third kappa shape index (κ3) is 2.00. The number of hydrogen-bond donors (Lipinski definition) is 2. The highest BCUT2D eigenvalue weighted by Gasteiger charge is 2.11. The number of fused-ring (bicyclic) bond motifs is 1. The molecule has 0 atom stereocenters. The van der Waals surface area contributed by atoms with E-state index in [-0.39, 0.29) is 5.95 Å². The van der Waals surface area contributed by atoms with Gasteiger partial charge in [0.1, 0.15) is 5.03 Å². The highest BCUT2D eigenvalue weighted by molar-refractivity contribution is 7.99. The zero-order chi connectivity index (χ0) is 12.5. The van der Waals surface area contributed by atoms with Gasteiger partial charge >= 0.3 is 0 Å². The average Bonchev–Trinajstić information content (AvgIpc) is 2.80. The molecule has 0 saturated heterocycles. The normalized spacial score (nSPS) is 10.9. The number of anilines is 1. The number of H-pyrrole nitrogens is 1. The summed E-state index contributed by atoms with van der Waals surface area (Å²) in [6.45, 7) is 0. The van der Waals surface area contributed by atoms with Gasteiger partial charge in [-0.1, -0.05) is 35.5 Å². The number of rotatable bonds is 2. The molecule has 0 saturated carbocycles. The Morgan fingerprint density at radius 1 is 1.22 bits per heavy atom. The van der Waals surface area contributed by atoms with Crippen LogP contribution in [0.1, 0.15) is 0 Å². The molecule has 3 aromatic rings. The Morgan fingerprint density at radius 2 is 2.06 bits per heavy atom. The number of aromatic nitrogens is 4. The number of hydrogen-bond acceptors (Lipinski definition) is 5. The summed E-state index contributed by atoms with van der Waals surface area (Å²) in [6.07, 6.45) is 1.67. The predicted molar refractivity (Wildman–Crippen MR) is 71.7 cm³/mol. The summed E-state index contributed by atoms with van der Waals surface area (Å²) >= 11 is 7.56. The summed E-state index contributed by atoms with van der Waals surface area (Å²) in [7, 11) is 0. The molecule has 0 radical (unpaired) electrons. The largest absolute Gasteiger partial charge is 0.368 e. The summed E-state index contributed by atoms with van der Waals surface area (Å²) in [5, 5.41) is 8.95. The molecule has 3 rings (SSSR count). The van der Waals surface area contributed by atoms with Crippen molar-refractivity contribution >= 4 is 40.3 Å². The highest BCUT2D eigenvalue weighted by atomic mass is 35.5. The van der Waals surface area contributed by atoms with Crippen LogP contribution in [-0.2, 0) is 0 Å². The van der Waals surface area contributed by atoms with Crippen LogP contribution in [0.25, 0.3) is 11.0 Å². The van der Waals surface area contributed by atoms with Crippen LogP contribution in [0, 0.1) is 0 Å². The number of nitrogens with two attached hydrogens (primary N) is 1. The van der Waals surface area contributed by atoms with E-state index in [9.17, 15) is 0 Å². The van der Waals surface area contributed by atoms with E-state index in [0.29, 0.717) is 10.7 Å². The van der Waals surface area contributed by atoms with Crippen LogP contribution < -0.4 is 5.73 Å². The number of nitrogens with zero attached hydrogens (tertiary/aromatic N) is 3. The summed E-state index contributed by atoms with van der Waals surface area (Å²) in [6, 6.07) is 7.57. The second kappa shape index (κ2) is 4.47. The van der Waals surface area contributed by atoms with Crippen molar-refractivity contribution < 1.29 is 0 Å². The fourth-order valence-electron chi connectivity index (χ4n) is 1.53. The van der Waals surface area contributed by atoms with Gasteiger partial charge in [0.15, 0.2) is 5.65 Å². The van der Waals surface area contributed by atoms with E-state index in [4.69, 9.17) is 17.3 Å². The van der Waals surface area contributed by atoms with Gasteiger partial charge in [-0.2, -0.15) is 10.1 Å². The first-order valence-electron chi connectivity index (χ1n) is 5.13. The van der Waals surface area contributed by atoms with Crippen molar-refractivity contribution in [2.24, 2.45) is 0 Å². The molecule has 0 fully saturated rings. The Kier molecular flexibility index (Phi) is 2.81. The molecular weight excluding hydrogens is 270 g/mol. The third-order valence-electron chi connectivity index (χ3n) is 2.34. The van der Waals surface area contributed by atoms with E-state index in [0.717, 1.165) is 15.3 Å². The van der Waals surface area contributed by atoms with Gasteiger partial charge in [0.25, 0.3) is 0 Å². The summed E-state index contributed by atoms with van der Waals surface area (Å²) in [5.41, 5.74) is 6.28. The molecule has 90 valence electrons. The van der Waals surface area contributed by atoms with Crippen LogP contribution >= 0.6 is 23.4 Å². The number of halogens is 1. The lowest BCUT2D eigenvalue weighted by Crippen LogP contribution is -1.96. The molecule has 0 aliphatic heterocycles. The topological polar surface area (TPSA) is 80.5 Å². The second-order valence-corrected chi connectivity index (χ2v) is 4.99. The first kappa shape index (κ1) is 11.3. The monoisotopic (exact) mass is 277 g/mol. The summed E-state index contributed by atoms with van der Waals surface area (Å²) in [5.74, 6) is 0.210. The maximum Gasteiger partial charge on any atom is 0.223 e. The Hall–Kier alpha value is -1.79. The summed E-state index contributed by atoms with van der Waals surface area (Å²) in [4.78, 5) is 9.20. The zero-order valence-electron chi connectivity index (χ0n) is 9.09. The number of aromatic amines is 1. The van der Waals surface area contributed by atoms with Crippen molar-refractivity contribution in [3.63, 3.8) is 0 Å². The van der Waals surface area contributed by atoms with E-state index in [1.807, 2.05) is 24.3 Å². The van der Waals surface area contributed by atoms with E-state index in [1.165, 1.54) is 11.8 Å². The SMILES string of the molecule is Nc1nc(Sc2ccccc2Cl)c2cn[nH]c2n1. The lowest BCUT2D eigenvalue weighted by atomic mass is 10.4. The lowest BCUT2D eigenvalue weighted by molar-refractivity contribution is 1.08. The maximum atomic E-state index is 6.12. The standard InChI is InChI=1S/C11H8ClN5S/c12-7-3-1-2-4-8(7)18-10-6-5-14-17-9(6)15-11(13)16-10/h1-5H,(H3,13,14,15,16,17). The Balaban J connectivity index is 2.10. The molecule has 2 aromatic heterocycles. The molecule has 0 aliphatic rings. The molecular formula is C11H8ClN5S. The lowest BCUT2D eigenvalue weighted by Gasteiger charge is -2.04. The number of nitrogen functional groups attached to an aromatic ring is 1. The molecule has 5 nitrogen and oxygen atoms in total. The molecule has 7 heteroatoms. The molecule has 3 N–H and O–H groups in total. The van der Waals surface area contributed by atoms with Crippen LogP contribution in [0.15, 0.2) is 40.4 Å². The zero-order valence-corrected chi connectivity index (χ0v) is 10.7. The van der Waals surface area contributed by atoms with Gasteiger partial charge in [0, 0.05) is 4.90 Å². The Labute approximate surface area is 112 Å². The van der Waals surface area contributed by atoms with Crippen LogP contribution in [0.4, 0.5) is 5.95 Å². The van der Waals surface area contributed by atoms with Gasteiger partial charge in [-0.05, 0) is 12.1 Å². The molecule has 18 heavy (non-hydrogen) atoms. The highest BCUT2D eigenvalue weighted by Crippen LogP contribution is 2.35. The molecule has 0 amide bonds. The molecule has 0 bridgehead atoms. The van der Waals surface area contributed by atoms with Crippen LogP contribution in [0.3, 0.4) is 0 Å². The van der Waals surface area contributed by atoms with Gasteiger partial charge in [-0.25, -0.2) is 4.98 Å². The van der Waals surface area contributed by atoms with Gasteiger partial charge in [0.2, 0.25) is 5.95 Å². The van der Waals surface area contributed by atoms with Crippen LogP contribution in [0.5, 0.6) is 0 Å². The molecule has 0 unspecified atom stereocenters. The predicted octanol–water partition coefficient (Wildman–Crippen LogP) is 2.74. The fraction of sp³-hybridized carbons (Fsp3) is 0. The minimum Gasteiger partial charge on any atom is -0.368 e. The van der Waals surface area contributed by atoms with Gasteiger partial charge in [0.05, 0.1) is 16.6 Å². The van der Waals surface area contributed by atoms with Crippen LogP contribution in [0.2, 0.25) is 5.02 Å². The molecule has 0 aliphatic carbocycles. The molecule has 1 aromatic carbocycles. The second-order valence-electron chi connectivity index (χ2n) is 3.55. The number of benzene rings is 1. The van der Waals surface area contributed by atoms with Crippen molar-refractivity contribution in [2.75, 3.05) is 5.73 Å². The van der Waals surface area contributed by atoms with Crippen molar-refractivity contribution in [1.82, 2.24) is 20.2 Å². The van der Waals surface area contributed by atoms with Gasteiger partial charge < -0.3 is 5.73 Å². The summed E-state index contributed by atoms with van der Waals surface area (Å²) < 4.78 is 0. The van der Waals surface area contributed by atoms with Gasteiger partial charge in [-0.3, -0.25) is 5.10 Å². The third-order valence-corrected chi connectivity index (χ3v) is 3.86. The molecule has 0 spiro atoms. The molecule has 2 heterocycles. The first-order valence-corrected chi connectivity index (χ1v) is 6.32. The Morgan fingerprint density at radius 3 is 2.89 bits per heavy atom. The van der Waals surface area contributed by atoms with Crippen molar-refractivity contribution in [3.8, 4) is 0 Å². The Bertz CT molecular complexity index is 711. The average molecular weight is 278 g/mol. The fourth-order valence-corrected chi connectivity index (χ4v) is 2.70. The van der Waals surface area contributed by atoms with E-state index in [1.54, 1.807) is 6.20 Å². The first-order chi connectivity index (χ1) is 8.74. The minimum atomic E-state index is 0.210. The smallest absolute Gasteiger partial charge is 0.223 e.